The molecule has 0 radical (unpaired) electrons. The fourth-order valence-corrected chi connectivity index (χ4v) is 2.21. The van der Waals surface area contributed by atoms with Crippen LogP contribution in [0.4, 0.5) is 10.5 Å². The first-order valence-corrected chi connectivity index (χ1v) is 6.64. The molecule has 2 rings (SSSR count). The van der Waals surface area contributed by atoms with Crippen LogP contribution in [0.5, 0.6) is 0 Å². The van der Waals surface area contributed by atoms with Gasteiger partial charge in [0, 0.05) is 17.8 Å². The standard InChI is InChI=1S/C15H20N2O2/c1-11(18)12-4-6-13(7-5-12)17-14(19)16-10-15(2)8-3-9-15/h4-7H,3,8-10H2,1-2H3,(H2,16,17,19). The number of carbonyl (C=O) groups excluding carboxylic acids is 2. The number of rotatable bonds is 4. The van der Waals surface area contributed by atoms with Gasteiger partial charge in [-0.3, -0.25) is 4.79 Å². The molecular formula is C15H20N2O2. The smallest absolute Gasteiger partial charge is 0.319 e. The summed E-state index contributed by atoms with van der Waals surface area (Å²) in [5.41, 5.74) is 1.62. The number of urea groups is 1. The summed E-state index contributed by atoms with van der Waals surface area (Å²) in [5, 5.41) is 5.66. The highest BCUT2D eigenvalue weighted by molar-refractivity contribution is 5.95. The van der Waals surface area contributed by atoms with E-state index in [-0.39, 0.29) is 17.2 Å². The first-order chi connectivity index (χ1) is 8.98. The van der Waals surface area contributed by atoms with Gasteiger partial charge in [0.15, 0.2) is 5.78 Å². The van der Waals surface area contributed by atoms with E-state index >= 15 is 0 Å². The van der Waals surface area contributed by atoms with Crippen LogP contribution in [0.3, 0.4) is 0 Å². The summed E-state index contributed by atoms with van der Waals surface area (Å²) < 4.78 is 0. The lowest BCUT2D eigenvalue weighted by atomic mass is 9.70. The number of ketones is 1. The minimum Gasteiger partial charge on any atom is -0.337 e. The van der Waals surface area contributed by atoms with E-state index in [2.05, 4.69) is 17.6 Å². The lowest BCUT2D eigenvalue weighted by molar-refractivity contribution is 0.101. The van der Waals surface area contributed by atoms with Crippen molar-refractivity contribution < 1.29 is 9.59 Å². The topological polar surface area (TPSA) is 58.2 Å². The number of amides is 2. The third kappa shape index (κ3) is 3.56. The molecule has 19 heavy (non-hydrogen) atoms. The van der Waals surface area contributed by atoms with E-state index in [9.17, 15) is 9.59 Å². The van der Waals surface area contributed by atoms with Crippen molar-refractivity contribution in [3.63, 3.8) is 0 Å². The molecule has 2 amide bonds. The highest BCUT2D eigenvalue weighted by Crippen LogP contribution is 2.39. The van der Waals surface area contributed by atoms with Crippen LogP contribution in [-0.4, -0.2) is 18.4 Å². The normalized spacial score (nSPS) is 16.3. The number of hydrogen-bond donors (Lipinski definition) is 2. The predicted molar refractivity (Wildman–Crippen MR) is 75.4 cm³/mol. The maximum Gasteiger partial charge on any atom is 0.319 e. The van der Waals surface area contributed by atoms with Crippen molar-refractivity contribution in [1.29, 1.82) is 0 Å². The van der Waals surface area contributed by atoms with Crippen LogP contribution in [0.25, 0.3) is 0 Å². The molecule has 0 unspecified atom stereocenters. The summed E-state index contributed by atoms with van der Waals surface area (Å²) in [6.45, 7) is 4.43. The largest absolute Gasteiger partial charge is 0.337 e. The average molecular weight is 260 g/mol. The van der Waals surface area contributed by atoms with Crippen LogP contribution in [0.2, 0.25) is 0 Å². The zero-order valence-corrected chi connectivity index (χ0v) is 11.5. The molecular weight excluding hydrogens is 240 g/mol. The molecule has 4 nitrogen and oxygen atoms in total. The molecule has 2 N–H and O–H groups in total. The monoisotopic (exact) mass is 260 g/mol. The van der Waals surface area contributed by atoms with E-state index < -0.39 is 0 Å². The summed E-state index contributed by atoms with van der Waals surface area (Å²) in [5.74, 6) is 0.0221. The van der Waals surface area contributed by atoms with Gasteiger partial charge in [-0.2, -0.15) is 0 Å². The molecule has 0 saturated heterocycles. The average Bonchev–Trinajstić information content (AvgIpc) is 2.35. The van der Waals surface area contributed by atoms with Crippen LogP contribution in [0.1, 0.15) is 43.5 Å². The molecule has 1 fully saturated rings. The van der Waals surface area contributed by atoms with Gasteiger partial charge in [-0.25, -0.2) is 4.79 Å². The molecule has 0 aliphatic heterocycles. The Morgan fingerprint density at radius 3 is 2.32 bits per heavy atom. The zero-order valence-electron chi connectivity index (χ0n) is 11.5. The van der Waals surface area contributed by atoms with E-state index in [0.29, 0.717) is 17.8 Å². The Labute approximate surface area is 113 Å². The second-order valence-electron chi connectivity index (χ2n) is 5.61. The van der Waals surface area contributed by atoms with Crippen LogP contribution in [-0.2, 0) is 0 Å². The van der Waals surface area contributed by atoms with Crippen molar-refractivity contribution in [3.05, 3.63) is 29.8 Å². The van der Waals surface area contributed by atoms with Crippen LogP contribution < -0.4 is 10.6 Å². The van der Waals surface area contributed by atoms with E-state index in [1.165, 1.54) is 26.2 Å². The van der Waals surface area contributed by atoms with Crippen molar-refractivity contribution in [2.24, 2.45) is 5.41 Å². The highest BCUT2D eigenvalue weighted by atomic mass is 16.2. The molecule has 1 saturated carbocycles. The number of benzene rings is 1. The van der Waals surface area contributed by atoms with Gasteiger partial charge in [0.2, 0.25) is 0 Å². The van der Waals surface area contributed by atoms with Crippen molar-refractivity contribution in [1.82, 2.24) is 5.32 Å². The molecule has 0 bridgehead atoms. The summed E-state index contributed by atoms with van der Waals surface area (Å²) in [6, 6.07) is 6.71. The fourth-order valence-electron chi connectivity index (χ4n) is 2.21. The van der Waals surface area contributed by atoms with Crippen LogP contribution in [0, 0.1) is 5.41 Å². The fraction of sp³-hybridized carbons (Fsp3) is 0.467. The minimum atomic E-state index is -0.191. The molecule has 0 heterocycles. The van der Waals surface area contributed by atoms with Crippen molar-refractivity contribution in [2.75, 3.05) is 11.9 Å². The van der Waals surface area contributed by atoms with Crippen molar-refractivity contribution in [3.8, 4) is 0 Å². The zero-order chi connectivity index (χ0) is 13.9. The Morgan fingerprint density at radius 1 is 1.21 bits per heavy atom. The van der Waals surface area contributed by atoms with Crippen LogP contribution in [0.15, 0.2) is 24.3 Å². The van der Waals surface area contributed by atoms with Gasteiger partial charge in [-0.1, -0.05) is 13.3 Å². The maximum atomic E-state index is 11.7. The van der Waals surface area contributed by atoms with Crippen molar-refractivity contribution in [2.45, 2.75) is 33.1 Å². The van der Waals surface area contributed by atoms with Gasteiger partial charge in [0.1, 0.15) is 0 Å². The van der Waals surface area contributed by atoms with Crippen LogP contribution >= 0.6 is 0 Å². The molecule has 0 spiro atoms. The molecule has 1 aromatic rings. The minimum absolute atomic E-state index is 0.0221. The van der Waals surface area contributed by atoms with Gasteiger partial charge < -0.3 is 10.6 Å². The third-order valence-electron chi connectivity index (χ3n) is 3.79. The van der Waals surface area contributed by atoms with Gasteiger partial charge in [0.05, 0.1) is 0 Å². The number of carbonyl (C=O) groups is 2. The van der Waals surface area contributed by atoms with Gasteiger partial charge >= 0.3 is 6.03 Å². The molecule has 4 heteroatoms. The Balaban J connectivity index is 1.83. The SMILES string of the molecule is CC(=O)c1ccc(NC(=O)NCC2(C)CCC2)cc1. The van der Waals surface area contributed by atoms with Gasteiger partial charge in [0.25, 0.3) is 0 Å². The predicted octanol–water partition coefficient (Wildman–Crippen LogP) is 3.20. The number of nitrogens with one attached hydrogen (secondary N) is 2. The third-order valence-corrected chi connectivity index (χ3v) is 3.79. The second kappa shape index (κ2) is 5.43. The van der Waals surface area contributed by atoms with Gasteiger partial charge in [-0.15, -0.1) is 0 Å². The summed E-state index contributed by atoms with van der Waals surface area (Å²) in [4.78, 5) is 22.9. The Kier molecular flexibility index (Phi) is 3.88. The Morgan fingerprint density at radius 2 is 1.84 bits per heavy atom. The lowest BCUT2D eigenvalue weighted by Crippen LogP contribution is -2.41. The van der Waals surface area contributed by atoms with E-state index in [1.54, 1.807) is 24.3 Å². The first-order valence-electron chi connectivity index (χ1n) is 6.64. The molecule has 0 atom stereocenters. The number of hydrogen-bond acceptors (Lipinski definition) is 2. The van der Waals surface area contributed by atoms with E-state index in [4.69, 9.17) is 0 Å². The second-order valence-corrected chi connectivity index (χ2v) is 5.61. The Bertz CT molecular complexity index is 475. The lowest BCUT2D eigenvalue weighted by Gasteiger charge is -2.38. The quantitative estimate of drug-likeness (QED) is 0.817. The molecule has 0 aromatic heterocycles. The molecule has 1 aliphatic carbocycles. The number of Topliss-reactive ketones (excluding diaryl/α,β-unsaturated/α-hetero) is 1. The summed E-state index contributed by atoms with van der Waals surface area (Å²) >= 11 is 0. The Hall–Kier alpha value is -1.84. The first kappa shape index (κ1) is 13.6. The highest BCUT2D eigenvalue weighted by Gasteiger charge is 2.31. The summed E-state index contributed by atoms with van der Waals surface area (Å²) in [7, 11) is 0. The maximum absolute atomic E-state index is 11.7. The number of anilines is 1. The molecule has 1 aliphatic rings. The van der Waals surface area contributed by atoms with Crippen molar-refractivity contribution >= 4 is 17.5 Å². The summed E-state index contributed by atoms with van der Waals surface area (Å²) in [6.07, 6.45) is 3.62. The molecule has 102 valence electrons. The molecule has 1 aromatic carbocycles. The van der Waals surface area contributed by atoms with Gasteiger partial charge in [-0.05, 0) is 49.4 Å². The van der Waals surface area contributed by atoms with E-state index in [1.807, 2.05) is 0 Å². The van der Waals surface area contributed by atoms with E-state index in [0.717, 1.165) is 0 Å².